The van der Waals surface area contributed by atoms with Gasteiger partial charge in [-0.05, 0) is 59.0 Å². The molecule has 160 valence electrons. The number of amides is 1. The maximum absolute atomic E-state index is 10.6. The molecule has 1 saturated carbocycles. The summed E-state index contributed by atoms with van der Waals surface area (Å²) >= 11 is 8.40. The maximum atomic E-state index is 10.6. The van der Waals surface area contributed by atoms with Gasteiger partial charge in [0, 0.05) is 31.0 Å². The first-order valence-electron chi connectivity index (χ1n) is 9.55. The topological polar surface area (TPSA) is 98.5 Å². The van der Waals surface area contributed by atoms with Crippen molar-refractivity contribution in [2.75, 3.05) is 13.2 Å². The molecule has 0 aromatic carbocycles. The highest BCUT2D eigenvalue weighted by Crippen LogP contribution is 2.35. The molecule has 0 saturated heterocycles. The van der Waals surface area contributed by atoms with Crippen LogP contribution in [-0.4, -0.2) is 53.1 Å². The van der Waals surface area contributed by atoms with E-state index in [1.165, 1.54) is 0 Å². The van der Waals surface area contributed by atoms with Crippen LogP contribution in [0.2, 0.25) is 31.0 Å². The monoisotopic (exact) mass is 552 g/mol. The SMILES string of the molecule is C[Si](C)(C)CCOCn1cc(I)c2c(OC3CC(CNC(=O)O)C3)nc(Cl)nc21. The van der Waals surface area contributed by atoms with Gasteiger partial charge in [0.15, 0.2) is 5.65 Å². The number of nitrogens with one attached hydrogen (secondary N) is 1. The summed E-state index contributed by atoms with van der Waals surface area (Å²) < 4.78 is 14.9. The molecule has 8 nitrogen and oxygen atoms in total. The third kappa shape index (κ3) is 6.19. The van der Waals surface area contributed by atoms with E-state index in [1.807, 2.05) is 10.8 Å². The predicted octanol–water partition coefficient (Wildman–Crippen LogP) is 4.43. The summed E-state index contributed by atoms with van der Waals surface area (Å²) in [6, 6.07) is 1.10. The van der Waals surface area contributed by atoms with E-state index in [9.17, 15) is 4.79 Å². The first-order chi connectivity index (χ1) is 13.6. The summed E-state index contributed by atoms with van der Waals surface area (Å²) in [5.74, 6) is 0.757. The number of rotatable bonds is 9. The van der Waals surface area contributed by atoms with E-state index in [0.29, 0.717) is 24.8 Å². The Balaban J connectivity index is 1.66. The predicted molar refractivity (Wildman–Crippen MR) is 123 cm³/mol. The van der Waals surface area contributed by atoms with E-state index in [-0.39, 0.29) is 17.3 Å². The lowest BCUT2D eigenvalue weighted by Gasteiger charge is -2.34. The summed E-state index contributed by atoms with van der Waals surface area (Å²) in [6.45, 7) is 8.54. The largest absolute Gasteiger partial charge is 0.474 e. The van der Waals surface area contributed by atoms with Crippen LogP contribution in [0.5, 0.6) is 5.88 Å². The van der Waals surface area contributed by atoms with Crippen LogP contribution in [0.1, 0.15) is 12.8 Å². The van der Waals surface area contributed by atoms with Crippen LogP contribution in [0.3, 0.4) is 0 Å². The Kier molecular flexibility index (Phi) is 7.28. The Bertz CT molecular complexity index is 883. The van der Waals surface area contributed by atoms with Crippen molar-refractivity contribution in [3.05, 3.63) is 15.1 Å². The van der Waals surface area contributed by atoms with Gasteiger partial charge in [0.2, 0.25) is 11.2 Å². The molecule has 3 rings (SSSR count). The first-order valence-corrected chi connectivity index (χ1v) is 14.7. The Labute approximate surface area is 189 Å². The van der Waals surface area contributed by atoms with E-state index in [1.54, 1.807) is 0 Å². The van der Waals surface area contributed by atoms with Crippen molar-refractivity contribution in [1.29, 1.82) is 0 Å². The van der Waals surface area contributed by atoms with Crippen molar-refractivity contribution in [3.63, 3.8) is 0 Å². The van der Waals surface area contributed by atoms with Gasteiger partial charge in [0.25, 0.3) is 0 Å². The molecule has 11 heteroatoms. The second kappa shape index (κ2) is 9.35. The van der Waals surface area contributed by atoms with Gasteiger partial charge in [0.05, 0.1) is 5.39 Å². The zero-order valence-corrected chi connectivity index (χ0v) is 20.7. The van der Waals surface area contributed by atoms with E-state index < -0.39 is 14.2 Å². The molecule has 2 heterocycles. The molecule has 0 aliphatic heterocycles. The molecule has 0 bridgehead atoms. The summed E-state index contributed by atoms with van der Waals surface area (Å²) in [5, 5.41) is 12.1. The number of hydrogen-bond donors (Lipinski definition) is 2. The van der Waals surface area contributed by atoms with Crippen molar-refractivity contribution in [2.24, 2.45) is 5.92 Å². The molecule has 1 aliphatic carbocycles. The summed E-state index contributed by atoms with van der Waals surface area (Å²) in [5.41, 5.74) is 0.695. The lowest BCUT2D eigenvalue weighted by atomic mass is 9.82. The fourth-order valence-electron chi connectivity index (χ4n) is 3.13. The van der Waals surface area contributed by atoms with Gasteiger partial charge in [-0.1, -0.05) is 19.6 Å². The van der Waals surface area contributed by atoms with Gasteiger partial charge in [-0.2, -0.15) is 9.97 Å². The van der Waals surface area contributed by atoms with E-state index in [0.717, 1.165) is 34.4 Å². The Morgan fingerprint density at radius 2 is 2.14 bits per heavy atom. The first kappa shape index (κ1) is 22.6. The highest BCUT2D eigenvalue weighted by molar-refractivity contribution is 14.1. The molecule has 0 atom stereocenters. The van der Waals surface area contributed by atoms with Crippen LogP contribution in [-0.2, 0) is 11.5 Å². The molecular weight excluding hydrogens is 527 g/mol. The van der Waals surface area contributed by atoms with Crippen molar-refractivity contribution in [3.8, 4) is 5.88 Å². The zero-order valence-electron chi connectivity index (χ0n) is 16.7. The Morgan fingerprint density at radius 3 is 2.79 bits per heavy atom. The molecule has 2 aromatic heterocycles. The van der Waals surface area contributed by atoms with Crippen molar-refractivity contribution < 1.29 is 19.4 Å². The average molecular weight is 553 g/mol. The van der Waals surface area contributed by atoms with Crippen molar-refractivity contribution in [1.82, 2.24) is 19.9 Å². The van der Waals surface area contributed by atoms with Gasteiger partial charge in [-0.3, -0.25) is 0 Å². The van der Waals surface area contributed by atoms with Gasteiger partial charge >= 0.3 is 6.09 Å². The van der Waals surface area contributed by atoms with Gasteiger partial charge in [-0.25, -0.2) is 4.79 Å². The van der Waals surface area contributed by atoms with Crippen LogP contribution < -0.4 is 10.1 Å². The third-order valence-electron chi connectivity index (χ3n) is 4.85. The average Bonchev–Trinajstić information content (AvgIpc) is 2.88. The molecule has 0 unspecified atom stereocenters. The minimum absolute atomic E-state index is 0.00286. The zero-order chi connectivity index (χ0) is 21.2. The number of fused-ring (bicyclic) bond motifs is 1. The normalized spacial score (nSPS) is 19.2. The van der Waals surface area contributed by atoms with Crippen molar-refractivity contribution >= 4 is 59.4 Å². The van der Waals surface area contributed by atoms with Crippen molar-refractivity contribution in [2.45, 2.75) is 51.4 Å². The lowest BCUT2D eigenvalue weighted by molar-refractivity contribution is 0.0618. The highest BCUT2D eigenvalue weighted by Gasteiger charge is 2.32. The molecule has 1 amide bonds. The fourth-order valence-corrected chi connectivity index (χ4v) is 4.86. The van der Waals surface area contributed by atoms with Crippen LogP contribution >= 0.6 is 34.2 Å². The van der Waals surface area contributed by atoms with E-state index in [4.69, 9.17) is 26.2 Å². The number of ether oxygens (including phenoxy) is 2. The van der Waals surface area contributed by atoms with E-state index >= 15 is 0 Å². The molecule has 0 spiro atoms. The van der Waals surface area contributed by atoms with Gasteiger partial charge in [-0.15, -0.1) is 0 Å². The van der Waals surface area contributed by atoms with Crippen LogP contribution in [0, 0.1) is 9.49 Å². The fraction of sp³-hybridized carbons (Fsp3) is 0.611. The molecular formula is C18H26ClIN4O4Si. The number of hydrogen-bond acceptors (Lipinski definition) is 5. The number of nitrogens with zero attached hydrogens (tertiary/aromatic N) is 3. The third-order valence-corrected chi connectivity index (χ3v) is 7.54. The molecule has 1 fully saturated rings. The number of carbonyl (C=O) groups is 1. The molecule has 0 radical (unpaired) electrons. The van der Waals surface area contributed by atoms with Crippen LogP contribution in [0.4, 0.5) is 4.79 Å². The molecule has 2 aromatic rings. The summed E-state index contributed by atoms with van der Waals surface area (Å²) in [4.78, 5) is 19.3. The second-order valence-electron chi connectivity index (χ2n) is 8.55. The summed E-state index contributed by atoms with van der Waals surface area (Å²) in [7, 11) is -1.14. The Hall–Kier alpha value is -1.11. The maximum Gasteiger partial charge on any atom is 0.404 e. The smallest absolute Gasteiger partial charge is 0.404 e. The molecule has 29 heavy (non-hydrogen) atoms. The quantitative estimate of drug-likeness (QED) is 0.207. The van der Waals surface area contributed by atoms with Crippen LogP contribution in [0.25, 0.3) is 11.0 Å². The lowest BCUT2D eigenvalue weighted by Crippen LogP contribution is -2.40. The van der Waals surface area contributed by atoms with Gasteiger partial charge < -0.3 is 24.5 Å². The number of aromatic nitrogens is 3. The highest BCUT2D eigenvalue weighted by atomic mass is 127. The van der Waals surface area contributed by atoms with Crippen LogP contribution in [0.15, 0.2) is 6.20 Å². The number of carboxylic acid groups (broad SMARTS) is 1. The van der Waals surface area contributed by atoms with Gasteiger partial charge in [0.1, 0.15) is 12.8 Å². The Morgan fingerprint density at radius 1 is 1.41 bits per heavy atom. The molecule has 2 N–H and O–H groups in total. The minimum Gasteiger partial charge on any atom is -0.474 e. The standard InChI is InChI=1S/C18H26ClIN4O4Si/c1-29(2,3)5-4-27-10-24-9-13(20)14-15(24)22-17(19)23-16(14)28-12-6-11(7-12)8-21-18(25)26/h9,11-12,21H,4-8,10H2,1-3H3,(H,25,26). The number of halogens is 2. The van der Waals surface area contributed by atoms with E-state index in [2.05, 4.69) is 57.5 Å². The summed E-state index contributed by atoms with van der Waals surface area (Å²) in [6.07, 6.45) is 2.53. The second-order valence-corrected chi connectivity index (χ2v) is 15.7. The molecule has 1 aliphatic rings. The minimum atomic E-state index is -1.14.